The number of ether oxygens (including phenoxy) is 2. The van der Waals surface area contributed by atoms with Crippen LogP contribution >= 0.6 is 11.3 Å². The predicted octanol–water partition coefficient (Wildman–Crippen LogP) is 3.93. The van der Waals surface area contributed by atoms with Crippen LogP contribution in [0.2, 0.25) is 0 Å². The summed E-state index contributed by atoms with van der Waals surface area (Å²) in [5, 5.41) is 2.05. The van der Waals surface area contributed by atoms with Gasteiger partial charge >= 0.3 is 0 Å². The Labute approximate surface area is 164 Å². The first-order chi connectivity index (χ1) is 13.2. The average Bonchev–Trinajstić information content (AvgIpc) is 3.21. The maximum Gasteiger partial charge on any atom is 0.241 e. The summed E-state index contributed by atoms with van der Waals surface area (Å²) in [5.41, 5.74) is 0.863. The predicted molar refractivity (Wildman–Crippen MR) is 108 cm³/mol. The molecule has 1 aromatic carbocycles. The Morgan fingerprint density at radius 3 is 2.85 bits per heavy atom. The number of hydrogen-bond donors (Lipinski definition) is 0. The lowest BCUT2D eigenvalue weighted by atomic mass is 10.0. The van der Waals surface area contributed by atoms with Crippen molar-refractivity contribution in [2.45, 2.75) is 38.8 Å². The minimum Gasteiger partial charge on any atom is -0.486 e. The molecule has 144 valence electrons. The minimum atomic E-state index is 0.133. The number of nitrogens with zero attached hydrogens (tertiary/aromatic N) is 2. The van der Waals surface area contributed by atoms with E-state index < -0.39 is 0 Å². The lowest BCUT2D eigenvalue weighted by molar-refractivity contribution is -0.120. The monoisotopic (exact) mass is 386 g/mol. The van der Waals surface area contributed by atoms with Crippen LogP contribution in [0.4, 0.5) is 5.69 Å². The van der Waals surface area contributed by atoms with Gasteiger partial charge < -0.3 is 14.4 Å². The Hall–Kier alpha value is -2.05. The summed E-state index contributed by atoms with van der Waals surface area (Å²) in [4.78, 5) is 18.6. The summed E-state index contributed by atoms with van der Waals surface area (Å²) in [6.45, 7) is 5.37. The highest BCUT2D eigenvalue weighted by Gasteiger charge is 2.25. The van der Waals surface area contributed by atoms with Crippen LogP contribution in [-0.4, -0.2) is 43.2 Å². The van der Waals surface area contributed by atoms with Crippen molar-refractivity contribution < 1.29 is 14.3 Å². The number of likely N-dealkylation sites (tertiary alicyclic amines) is 1. The fraction of sp³-hybridized carbons (Fsp3) is 0.476. The fourth-order valence-corrected chi connectivity index (χ4v) is 4.43. The van der Waals surface area contributed by atoms with Crippen molar-refractivity contribution in [1.82, 2.24) is 4.90 Å². The van der Waals surface area contributed by atoms with E-state index in [1.807, 2.05) is 29.2 Å². The minimum absolute atomic E-state index is 0.133. The molecule has 1 fully saturated rings. The van der Waals surface area contributed by atoms with E-state index in [1.54, 1.807) is 11.3 Å². The van der Waals surface area contributed by atoms with Crippen LogP contribution in [0.5, 0.6) is 11.5 Å². The number of carbonyl (C=O) groups is 1. The number of hydrogen-bond acceptors (Lipinski definition) is 5. The first-order valence-corrected chi connectivity index (χ1v) is 10.5. The van der Waals surface area contributed by atoms with Crippen LogP contribution in [0.25, 0.3) is 0 Å². The lowest BCUT2D eigenvalue weighted by Crippen LogP contribution is -2.45. The highest BCUT2D eigenvalue weighted by atomic mass is 32.1. The Morgan fingerprint density at radius 1 is 1.22 bits per heavy atom. The number of rotatable bonds is 5. The summed E-state index contributed by atoms with van der Waals surface area (Å²) < 4.78 is 11.4. The molecule has 1 atom stereocenters. The highest BCUT2D eigenvalue weighted by Crippen LogP contribution is 2.35. The van der Waals surface area contributed by atoms with Crippen LogP contribution in [0.15, 0.2) is 35.7 Å². The molecule has 0 spiro atoms. The first-order valence-electron chi connectivity index (χ1n) is 9.67. The van der Waals surface area contributed by atoms with Gasteiger partial charge in [0.1, 0.15) is 13.2 Å². The molecule has 3 heterocycles. The highest BCUT2D eigenvalue weighted by molar-refractivity contribution is 7.09. The zero-order valence-electron chi connectivity index (χ0n) is 15.7. The van der Waals surface area contributed by atoms with Gasteiger partial charge in [-0.3, -0.25) is 9.69 Å². The number of carbonyl (C=O) groups excluding carboxylic acids is 1. The van der Waals surface area contributed by atoms with Crippen molar-refractivity contribution in [2.24, 2.45) is 0 Å². The summed E-state index contributed by atoms with van der Waals surface area (Å²) in [6.07, 6.45) is 3.60. The second kappa shape index (κ2) is 8.31. The van der Waals surface area contributed by atoms with Crippen molar-refractivity contribution >= 4 is 22.9 Å². The second-order valence-electron chi connectivity index (χ2n) is 7.20. The molecule has 0 radical (unpaired) electrons. The van der Waals surface area contributed by atoms with Crippen molar-refractivity contribution in [3.8, 4) is 11.5 Å². The van der Waals surface area contributed by atoms with E-state index in [0.29, 0.717) is 38.1 Å². The van der Waals surface area contributed by atoms with Crippen LogP contribution in [-0.2, 0) is 11.3 Å². The molecule has 4 rings (SSSR count). The standard InChI is InChI=1S/C21H26N2O3S/c1-16-5-2-3-9-22(16)15-21(24)23(14-18-6-4-12-27-18)17-7-8-19-20(13-17)26-11-10-25-19/h4,6-8,12-13,16H,2-3,5,9-11,14-15H2,1H3. The van der Waals surface area contributed by atoms with E-state index >= 15 is 0 Å². The van der Waals surface area contributed by atoms with E-state index in [1.165, 1.54) is 24.1 Å². The Kier molecular flexibility index (Phi) is 5.64. The number of thiophene rings is 1. The van der Waals surface area contributed by atoms with Crippen molar-refractivity contribution in [2.75, 3.05) is 31.2 Å². The van der Waals surface area contributed by atoms with Gasteiger partial charge in [-0.05, 0) is 49.9 Å². The number of fused-ring (bicyclic) bond motifs is 1. The van der Waals surface area contributed by atoms with Crippen LogP contribution in [0.1, 0.15) is 31.1 Å². The Balaban J connectivity index is 1.57. The van der Waals surface area contributed by atoms with Crippen molar-refractivity contribution in [3.63, 3.8) is 0 Å². The number of anilines is 1. The molecule has 2 aliphatic heterocycles. The smallest absolute Gasteiger partial charge is 0.241 e. The van der Waals surface area contributed by atoms with Gasteiger partial charge in [-0.15, -0.1) is 11.3 Å². The molecule has 27 heavy (non-hydrogen) atoms. The maximum atomic E-state index is 13.3. The van der Waals surface area contributed by atoms with Gasteiger partial charge in [0.2, 0.25) is 5.91 Å². The molecule has 2 aliphatic rings. The molecular weight excluding hydrogens is 360 g/mol. The summed E-state index contributed by atoms with van der Waals surface area (Å²) in [7, 11) is 0. The zero-order valence-corrected chi connectivity index (χ0v) is 16.5. The van der Waals surface area contributed by atoms with Gasteiger partial charge in [0, 0.05) is 22.7 Å². The quantitative estimate of drug-likeness (QED) is 0.781. The molecule has 1 aromatic heterocycles. The van der Waals surface area contributed by atoms with Crippen molar-refractivity contribution in [1.29, 1.82) is 0 Å². The third-order valence-corrected chi connectivity index (χ3v) is 6.17. The Morgan fingerprint density at radius 2 is 2.07 bits per heavy atom. The van der Waals surface area contributed by atoms with E-state index in [9.17, 15) is 4.79 Å². The van der Waals surface area contributed by atoms with E-state index in [4.69, 9.17) is 9.47 Å². The zero-order chi connectivity index (χ0) is 18.6. The second-order valence-corrected chi connectivity index (χ2v) is 8.23. The molecule has 0 N–H and O–H groups in total. The molecule has 1 amide bonds. The first kappa shape index (κ1) is 18.3. The summed E-state index contributed by atoms with van der Waals surface area (Å²) >= 11 is 1.68. The normalized spacial score (nSPS) is 19.7. The van der Waals surface area contributed by atoms with Crippen molar-refractivity contribution in [3.05, 3.63) is 40.6 Å². The van der Waals surface area contributed by atoms with Gasteiger partial charge in [-0.2, -0.15) is 0 Å². The van der Waals surface area contributed by atoms with E-state index in [2.05, 4.69) is 23.3 Å². The molecular formula is C21H26N2O3S. The van der Waals surface area contributed by atoms with Gasteiger partial charge in [0.15, 0.2) is 11.5 Å². The largest absolute Gasteiger partial charge is 0.486 e. The lowest BCUT2D eigenvalue weighted by Gasteiger charge is -2.34. The van der Waals surface area contributed by atoms with Crippen LogP contribution in [0.3, 0.4) is 0 Å². The van der Waals surface area contributed by atoms with Crippen LogP contribution in [0, 0.1) is 0 Å². The third kappa shape index (κ3) is 4.28. The molecule has 0 saturated carbocycles. The number of amides is 1. The van der Waals surface area contributed by atoms with Gasteiger partial charge in [-0.25, -0.2) is 0 Å². The van der Waals surface area contributed by atoms with Crippen LogP contribution < -0.4 is 14.4 Å². The van der Waals surface area contributed by atoms with E-state index in [-0.39, 0.29) is 5.91 Å². The topological polar surface area (TPSA) is 42.0 Å². The molecule has 6 heteroatoms. The molecule has 5 nitrogen and oxygen atoms in total. The van der Waals surface area contributed by atoms with Gasteiger partial charge in [0.05, 0.1) is 13.1 Å². The molecule has 0 bridgehead atoms. The third-order valence-electron chi connectivity index (χ3n) is 5.31. The Bertz CT molecular complexity index is 778. The summed E-state index contributed by atoms with van der Waals surface area (Å²) in [6, 6.07) is 10.4. The number of piperidine rings is 1. The molecule has 1 saturated heterocycles. The van der Waals surface area contributed by atoms with E-state index in [0.717, 1.165) is 18.0 Å². The maximum absolute atomic E-state index is 13.3. The fourth-order valence-electron chi connectivity index (χ4n) is 3.73. The summed E-state index contributed by atoms with van der Waals surface area (Å²) in [5.74, 6) is 1.60. The van der Waals surface area contributed by atoms with Gasteiger partial charge in [0.25, 0.3) is 0 Å². The average molecular weight is 387 g/mol. The number of benzene rings is 1. The molecule has 1 unspecified atom stereocenters. The SMILES string of the molecule is CC1CCCCN1CC(=O)N(Cc1cccs1)c1ccc2c(c1)OCCO2. The molecule has 2 aromatic rings. The molecule has 0 aliphatic carbocycles. The van der Waals surface area contributed by atoms with Gasteiger partial charge in [-0.1, -0.05) is 12.5 Å².